The van der Waals surface area contributed by atoms with Crippen molar-refractivity contribution >= 4 is 5.96 Å². The molecule has 0 fully saturated rings. The first kappa shape index (κ1) is 17.9. The Labute approximate surface area is 142 Å². The Morgan fingerprint density at radius 3 is 2.79 bits per heavy atom. The van der Waals surface area contributed by atoms with Gasteiger partial charge in [0.2, 0.25) is 0 Å². The quantitative estimate of drug-likeness (QED) is 0.602. The minimum atomic E-state index is -0.210. The molecule has 3 N–H and O–H groups in total. The van der Waals surface area contributed by atoms with Crippen molar-refractivity contribution in [1.29, 1.82) is 0 Å². The molecule has 1 heterocycles. The maximum Gasteiger partial charge on any atom is 0.188 e. The van der Waals surface area contributed by atoms with Crippen LogP contribution in [0, 0.1) is 5.82 Å². The molecule has 0 aliphatic heterocycles. The summed E-state index contributed by atoms with van der Waals surface area (Å²) in [5.74, 6) is 0.141. The minimum Gasteiger partial charge on any atom is -0.370 e. The van der Waals surface area contributed by atoms with Crippen LogP contribution < -0.4 is 11.1 Å². The summed E-state index contributed by atoms with van der Waals surface area (Å²) in [4.78, 5) is 10.4. The molecule has 0 saturated carbocycles. The van der Waals surface area contributed by atoms with Gasteiger partial charge < -0.3 is 16.0 Å². The normalized spacial score (nSPS) is 11.8. The van der Waals surface area contributed by atoms with E-state index in [0.29, 0.717) is 31.2 Å². The number of hydrogen-bond donors (Lipinski definition) is 2. The number of guanidine groups is 1. The van der Waals surface area contributed by atoms with Gasteiger partial charge in [-0.15, -0.1) is 0 Å². The standard InChI is InChI=1S/C18H24FN5/c1-24(2)13-15-7-6-14(11-17(15)19)12-23-18(20)22-10-8-16-5-3-4-9-21-16/h3-7,9,11H,8,10,12-13H2,1-2H3,(H3,20,22,23). The molecule has 0 radical (unpaired) electrons. The van der Waals surface area contributed by atoms with Gasteiger partial charge in [0.15, 0.2) is 5.96 Å². The molecule has 24 heavy (non-hydrogen) atoms. The van der Waals surface area contributed by atoms with Crippen molar-refractivity contribution in [2.75, 3.05) is 20.6 Å². The molecular formula is C18H24FN5. The van der Waals surface area contributed by atoms with Crippen LogP contribution in [-0.4, -0.2) is 36.5 Å². The fourth-order valence-electron chi connectivity index (χ4n) is 2.26. The van der Waals surface area contributed by atoms with Crippen molar-refractivity contribution in [2.24, 2.45) is 10.7 Å². The van der Waals surface area contributed by atoms with Gasteiger partial charge in [0.05, 0.1) is 6.54 Å². The third kappa shape index (κ3) is 5.96. The summed E-state index contributed by atoms with van der Waals surface area (Å²) in [7, 11) is 3.82. The lowest BCUT2D eigenvalue weighted by atomic mass is 10.1. The largest absolute Gasteiger partial charge is 0.370 e. The Hall–Kier alpha value is -2.47. The van der Waals surface area contributed by atoms with Gasteiger partial charge in [-0.2, -0.15) is 0 Å². The van der Waals surface area contributed by atoms with E-state index in [4.69, 9.17) is 5.73 Å². The molecule has 2 rings (SSSR count). The Morgan fingerprint density at radius 2 is 2.12 bits per heavy atom. The zero-order valence-corrected chi connectivity index (χ0v) is 14.2. The first-order chi connectivity index (χ1) is 11.5. The van der Waals surface area contributed by atoms with Crippen LogP contribution in [-0.2, 0) is 19.5 Å². The van der Waals surface area contributed by atoms with Gasteiger partial charge in [-0.1, -0.05) is 18.2 Å². The van der Waals surface area contributed by atoms with Crippen LogP contribution in [0.15, 0.2) is 47.6 Å². The van der Waals surface area contributed by atoms with Crippen LogP contribution in [0.3, 0.4) is 0 Å². The van der Waals surface area contributed by atoms with Crippen LogP contribution in [0.2, 0.25) is 0 Å². The molecule has 0 aliphatic carbocycles. The van der Waals surface area contributed by atoms with Gasteiger partial charge >= 0.3 is 0 Å². The second kappa shape index (κ2) is 8.98. The highest BCUT2D eigenvalue weighted by Crippen LogP contribution is 2.12. The highest BCUT2D eigenvalue weighted by molar-refractivity contribution is 5.77. The average Bonchev–Trinajstić information content (AvgIpc) is 2.56. The molecule has 0 saturated heterocycles. The topological polar surface area (TPSA) is 66.5 Å². The maximum absolute atomic E-state index is 14.0. The van der Waals surface area contributed by atoms with Crippen molar-refractivity contribution < 1.29 is 4.39 Å². The van der Waals surface area contributed by atoms with Crippen molar-refractivity contribution in [3.63, 3.8) is 0 Å². The number of halogens is 1. The third-order valence-electron chi connectivity index (χ3n) is 3.45. The molecule has 5 nitrogen and oxygen atoms in total. The molecule has 6 heteroatoms. The van der Waals surface area contributed by atoms with Crippen LogP contribution in [0.4, 0.5) is 4.39 Å². The number of nitrogens with zero attached hydrogens (tertiary/aromatic N) is 3. The van der Waals surface area contributed by atoms with E-state index < -0.39 is 0 Å². The van der Waals surface area contributed by atoms with Gasteiger partial charge in [-0.25, -0.2) is 9.38 Å². The van der Waals surface area contributed by atoms with E-state index in [9.17, 15) is 4.39 Å². The number of aromatic nitrogens is 1. The fraction of sp³-hybridized carbons (Fsp3) is 0.333. The number of rotatable bonds is 7. The lowest BCUT2D eigenvalue weighted by molar-refractivity contribution is 0.392. The number of benzene rings is 1. The zero-order chi connectivity index (χ0) is 17.4. The van der Waals surface area contributed by atoms with Crippen molar-refractivity contribution in [3.8, 4) is 0 Å². The van der Waals surface area contributed by atoms with Crippen molar-refractivity contribution in [2.45, 2.75) is 19.5 Å². The number of pyridine rings is 1. The second-order valence-corrected chi connectivity index (χ2v) is 5.86. The van der Waals surface area contributed by atoms with Crippen LogP contribution in [0.25, 0.3) is 0 Å². The first-order valence-corrected chi connectivity index (χ1v) is 7.90. The number of nitrogens with two attached hydrogens (primary N) is 1. The molecule has 0 amide bonds. The van der Waals surface area contributed by atoms with E-state index in [2.05, 4.69) is 15.3 Å². The summed E-state index contributed by atoms with van der Waals surface area (Å²) in [6, 6.07) is 11.0. The van der Waals surface area contributed by atoms with E-state index in [1.165, 1.54) is 6.07 Å². The van der Waals surface area contributed by atoms with E-state index in [0.717, 1.165) is 17.7 Å². The lowest BCUT2D eigenvalue weighted by Crippen LogP contribution is -2.33. The van der Waals surface area contributed by atoms with E-state index >= 15 is 0 Å². The zero-order valence-electron chi connectivity index (χ0n) is 14.2. The van der Waals surface area contributed by atoms with Crippen LogP contribution in [0.5, 0.6) is 0 Å². The molecule has 1 aromatic carbocycles. The molecule has 0 aliphatic rings. The second-order valence-electron chi connectivity index (χ2n) is 5.86. The Kier molecular flexibility index (Phi) is 6.69. The van der Waals surface area contributed by atoms with Gasteiger partial charge in [0.25, 0.3) is 0 Å². The Balaban J connectivity index is 1.82. The molecule has 0 spiro atoms. The van der Waals surface area contributed by atoms with Crippen LogP contribution in [0.1, 0.15) is 16.8 Å². The summed E-state index contributed by atoms with van der Waals surface area (Å²) in [6.07, 6.45) is 2.53. The predicted molar refractivity (Wildman–Crippen MR) is 95.1 cm³/mol. The highest BCUT2D eigenvalue weighted by Gasteiger charge is 2.04. The molecular weight excluding hydrogens is 305 g/mol. The molecule has 0 unspecified atom stereocenters. The van der Waals surface area contributed by atoms with Gasteiger partial charge in [0, 0.05) is 37.0 Å². The van der Waals surface area contributed by atoms with Gasteiger partial charge in [-0.3, -0.25) is 4.98 Å². The summed E-state index contributed by atoms with van der Waals surface area (Å²) in [5.41, 5.74) is 8.31. The molecule has 0 bridgehead atoms. The summed E-state index contributed by atoms with van der Waals surface area (Å²) < 4.78 is 14.0. The smallest absolute Gasteiger partial charge is 0.188 e. The van der Waals surface area contributed by atoms with Crippen molar-refractivity contribution in [3.05, 3.63) is 65.2 Å². The van der Waals surface area contributed by atoms with E-state index in [1.807, 2.05) is 43.3 Å². The Morgan fingerprint density at radius 1 is 1.29 bits per heavy atom. The summed E-state index contributed by atoms with van der Waals surface area (Å²) >= 11 is 0. The number of aliphatic imine (C=N–C) groups is 1. The Bertz CT molecular complexity index is 670. The van der Waals surface area contributed by atoms with Gasteiger partial charge in [-0.05, 0) is 37.9 Å². The van der Waals surface area contributed by atoms with Crippen LogP contribution >= 0.6 is 0 Å². The number of hydrogen-bond acceptors (Lipinski definition) is 3. The molecule has 128 valence electrons. The summed E-state index contributed by atoms with van der Waals surface area (Å²) in [6.45, 7) is 1.58. The molecule has 1 aromatic heterocycles. The maximum atomic E-state index is 14.0. The fourth-order valence-corrected chi connectivity index (χ4v) is 2.26. The van der Waals surface area contributed by atoms with Crippen molar-refractivity contribution in [1.82, 2.24) is 15.2 Å². The number of nitrogens with one attached hydrogen (secondary N) is 1. The summed E-state index contributed by atoms with van der Waals surface area (Å²) in [5, 5.41) is 3.04. The highest BCUT2D eigenvalue weighted by atomic mass is 19.1. The SMILES string of the molecule is CN(C)Cc1ccc(CN=C(N)NCCc2ccccn2)cc1F. The molecule has 0 atom stereocenters. The predicted octanol–water partition coefficient (Wildman–Crippen LogP) is 1.93. The minimum absolute atomic E-state index is 0.210. The molecule has 2 aromatic rings. The average molecular weight is 329 g/mol. The van der Waals surface area contributed by atoms with E-state index in [-0.39, 0.29) is 5.82 Å². The first-order valence-electron chi connectivity index (χ1n) is 7.90. The van der Waals surface area contributed by atoms with E-state index in [1.54, 1.807) is 12.3 Å². The monoisotopic (exact) mass is 329 g/mol. The third-order valence-corrected chi connectivity index (χ3v) is 3.45. The lowest BCUT2D eigenvalue weighted by Gasteiger charge is -2.11. The van der Waals surface area contributed by atoms with Gasteiger partial charge in [0.1, 0.15) is 5.82 Å².